The lowest BCUT2D eigenvalue weighted by atomic mass is 10.1. The number of rotatable bonds is 4. The van der Waals surface area contributed by atoms with Gasteiger partial charge in [-0.15, -0.1) is 0 Å². The van der Waals surface area contributed by atoms with Crippen LogP contribution in [0.2, 0.25) is 5.02 Å². The summed E-state index contributed by atoms with van der Waals surface area (Å²) in [6.45, 7) is 0.695. The Morgan fingerprint density at radius 2 is 2.12 bits per heavy atom. The average molecular weight is 368 g/mol. The number of hydrogen-bond donors (Lipinski definition) is 0. The molecule has 1 saturated heterocycles. The number of hydrogen-bond acceptors (Lipinski definition) is 4. The van der Waals surface area contributed by atoms with Crippen molar-refractivity contribution in [2.24, 2.45) is 0 Å². The van der Waals surface area contributed by atoms with E-state index in [-0.39, 0.29) is 11.9 Å². The lowest BCUT2D eigenvalue weighted by molar-refractivity contribution is 0.0714. The molecule has 3 aromatic rings. The zero-order valence-electron chi connectivity index (χ0n) is 14.1. The summed E-state index contributed by atoms with van der Waals surface area (Å²) in [7, 11) is 0. The maximum absolute atomic E-state index is 12.8. The van der Waals surface area contributed by atoms with E-state index in [4.69, 9.17) is 16.0 Å². The van der Waals surface area contributed by atoms with Gasteiger partial charge in [-0.25, -0.2) is 4.98 Å². The van der Waals surface area contributed by atoms with Crippen molar-refractivity contribution in [3.63, 3.8) is 0 Å². The number of aromatic nitrogens is 2. The predicted molar refractivity (Wildman–Crippen MR) is 98.0 cm³/mol. The molecule has 3 heterocycles. The monoisotopic (exact) mass is 367 g/mol. The second kappa shape index (κ2) is 7.30. The highest BCUT2D eigenvalue weighted by molar-refractivity contribution is 6.31. The zero-order chi connectivity index (χ0) is 17.9. The van der Waals surface area contributed by atoms with Gasteiger partial charge in [-0.2, -0.15) is 0 Å². The van der Waals surface area contributed by atoms with Crippen LogP contribution in [-0.4, -0.2) is 27.3 Å². The van der Waals surface area contributed by atoms with Crippen molar-refractivity contribution >= 4 is 17.5 Å². The fourth-order valence-corrected chi connectivity index (χ4v) is 3.51. The van der Waals surface area contributed by atoms with E-state index in [1.165, 1.54) is 0 Å². The zero-order valence-corrected chi connectivity index (χ0v) is 14.9. The Kier molecular flexibility index (Phi) is 4.71. The molecule has 1 aliphatic heterocycles. The van der Waals surface area contributed by atoms with Gasteiger partial charge in [-0.1, -0.05) is 29.8 Å². The third-order valence-corrected chi connectivity index (χ3v) is 4.97. The molecule has 26 heavy (non-hydrogen) atoms. The molecule has 0 bridgehead atoms. The summed E-state index contributed by atoms with van der Waals surface area (Å²) in [5.41, 5.74) is 1.58. The first-order chi connectivity index (χ1) is 12.7. The minimum absolute atomic E-state index is 0.0357. The van der Waals surface area contributed by atoms with Crippen LogP contribution in [0.3, 0.4) is 0 Å². The van der Waals surface area contributed by atoms with Gasteiger partial charge in [-0.05, 0) is 36.6 Å². The molecule has 4 rings (SSSR count). The molecule has 132 valence electrons. The quantitative estimate of drug-likeness (QED) is 0.690. The highest BCUT2D eigenvalue weighted by atomic mass is 35.5. The molecule has 1 aromatic carbocycles. The first-order valence-electron chi connectivity index (χ1n) is 8.61. The number of amides is 1. The number of carbonyl (C=O) groups is 1. The Balaban J connectivity index is 1.53. The molecular formula is C20H18ClN3O2. The maximum atomic E-state index is 12.8. The van der Waals surface area contributed by atoms with Crippen LogP contribution in [0.4, 0.5) is 0 Å². The van der Waals surface area contributed by atoms with Crippen LogP contribution in [0.25, 0.3) is 0 Å². The standard InChI is InChI=1S/C20H18ClN3O2/c21-17-7-2-1-5-14(17)11-16-13-23-19(26-16)18-8-4-10-24(18)20(25)15-6-3-9-22-12-15/h1-3,5-7,9,12-13,18H,4,8,10-11H2/t18-/m0/s1. The van der Waals surface area contributed by atoms with Crippen LogP contribution in [0.5, 0.6) is 0 Å². The van der Waals surface area contributed by atoms with Crippen LogP contribution >= 0.6 is 11.6 Å². The van der Waals surface area contributed by atoms with Crippen molar-refractivity contribution in [2.45, 2.75) is 25.3 Å². The largest absolute Gasteiger partial charge is 0.443 e. The molecule has 1 atom stereocenters. The second-order valence-corrected chi connectivity index (χ2v) is 6.74. The number of likely N-dealkylation sites (tertiary alicyclic amines) is 1. The summed E-state index contributed by atoms with van der Waals surface area (Å²) in [6.07, 6.45) is 7.33. The molecule has 1 fully saturated rings. The van der Waals surface area contributed by atoms with Crippen molar-refractivity contribution in [3.05, 3.63) is 82.8 Å². The number of halogens is 1. The number of nitrogens with zero attached hydrogens (tertiary/aromatic N) is 3. The van der Waals surface area contributed by atoms with Crippen LogP contribution in [0.1, 0.15) is 46.5 Å². The Morgan fingerprint density at radius 1 is 1.23 bits per heavy atom. The lowest BCUT2D eigenvalue weighted by Gasteiger charge is -2.22. The summed E-state index contributed by atoms with van der Waals surface area (Å²) >= 11 is 6.22. The van der Waals surface area contributed by atoms with Crippen LogP contribution in [0.15, 0.2) is 59.4 Å². The van der Waals surface area contributed by atoms with Crippen LogP contribution in [0, 0.1) is 0 Å². The van der Waals surface area contributed by atoms with E-state index < -0.39 is 0 Å². The summed E-state index contributed by atoms with van der Waals surface area (Å²) < 4.78 is 5.96. The average Bonchev–Trinajstić information content (AvgIpc) is 3.33. The Morgan fingerprint density at radius 3 is 2.92 bits per heavy atom. The first kappa shape index (κ1) is 16.8. The van der Waals surface area contributed by atoms with Crippen molar-refractivity contribution in [1.82, 2.24) is 14.9 Å². The number of pyridine rings is 1. The van der Waals surface area contributed by atoms with Gasteiger partial charge in [0.1, 0.15) is 11.8 Å². The van der Waals surface area contributed by atoms with Crippen molar-refractivity contribution in [3.8, 4) is 0 Å². The van der Waals surface area contributed by atoms with Crippen LogP contribution < -0.4 is 0 Å². The number of oxazole rings is 1. The smallest absolute Gasteiger partial charge is 0.256 e. The van der Waals surface area contributed by atoms with Gasteiger partial charge in [-0.3, -0.25) is 9.78 Å². The first-order valence-corrected chi connectivity index (χ1v) is 8.99. The van der Waals surface area contributed by atoms with E-state index >= 15 is 0 Å². The summed E-state index contributed by atoms with van der Waals surface area (Å²) in [6, 6.07) is 11.1. The third kappa shape index (κ3) is 3.35. The van der Waals surface area contributed by atoms with E-state index in [2.05, 4.69) is 9.97 Å². The van der Waals surface area contributed by atoms with Gasteiger partial charge < -0.3 is 9.32 Å². The minimum Gasteiger partial charge on any atom is -0.443 e. The van der Waals surface area contributed by atoms with Crippen molar-refractivity contribution in [2.75, 3.05) is 6.54 Å². The Bertz CT molecular complexity index is 910. The molecule has 1 aliphatic rings. The molecule has 5 nitrogen and oxygen atoms in total. The molecule has 0 unspecified atom stereocenters. The molecule has 0 N–H and O–H groups in total. The molecule has 0 aliphatic carbocycles. The van der Waals surface area contributed by atoms with Gasteiger partial charge in [0.25, 0.3) is 5.91 Å². The summed E-state index contributed by atoms with van der Waals surface area (Å²) in [5.74, 6) is 1.29. The van der Waals surface area contributed by atoms with Gasteiger partial charge >= 0.3 is 0 Å². The molecule has 0 spiro atoms. The van der Waals surface area contributed by atoms with E-state index in [1.807, 2.05) is 29.2 Å². The highest BCUT2D eigenvalue weighted by Gasteiger charge is 2.33. The van der Waals surface area contributed by atoms with Gasteiger partial charge in [0.2, 0.25) is 5.89 Å². The highest BCUT2D eigenvalue weighted by Crippen LogP contribution is 2.33. The molecule has 6 heteroatoms. The SMILES string of the molecule is O=C(c1cccnc1)N1CCC[C@H]1c1ncc(Cc2ccccc2Cl)o1. The minimum atomic E-state index is -0.136. The molecule has 0 saturated carbocycles. The molecule has 0 radical (unpaired) electrons. The van der Waals surface area contributed by atoms with E-state index in [9.17, 15) is 4.79 Å². The van der Waals surface area contributed by atoms with E-state index in [0.717, 1.165) is 24.2 Å². The molecule has 2 aromatic heterocycles. The Labute approximate surface area is 156 Å². The van der Waals surface area contributed by atoms with Gasteiger partial charge in [0.05, 0.1) is 11.8 Å². The number of benzene rings is 1. The fraction of sp³-hybridized carbons (Fsp3) is 0.250. The third-order valence-electron chi connectivity index (χ3n) is 4.60. The predicted octanol–water partition coefficient (Wildman–Crippen LogP) is 4.29. The van der Waals surface area contributed by atoms with Crippen molar-refractivity contribution < 1.29 is 9.21 Å². The van der Waals surface area contributed by atoms with Crippen LogP contribution in [-0.2, 0) is 6.42 Å². The maximum Gasteiger partial charge on any atom is 0.256 e. The molecular weight excluding hydrogens is 350 g/mol. The summed E-state index contributed by atoms with van der Waals surface area (Å²) in [5, 5.41) is 0.708. The Hall–Kier alpha value is -2.66. The second-order valence-electron chi connectivity index (χ2n) is 6.33. The van der Waals surface area contributed by atoms with Gasteiger partial charge in [0, 0.05) is 30.4 Å². The number of carbonyl (C=O) groups excluding carboxylic acids is 1. The normalized spacial score (nSPS) is 16.8. The molecule has 1 amide bonds. The van der Waals surface area contributed by atoms with Gasteiger partial charge in [0.15, 0.2) is 0 Å². The fourth-order valence-electron chi connectivity index (χ4n) is 3.31. The van der Waals surface area contributed by atoms with Crippen molar-refractivity contribution in [1.29, 1.82) is 0 Å². The lowest BCUT2D eigenvalue weighted by Crippen LogP contribution is -2.30. The summed E-state index contributed by atoms with van der Waals surface area (Å²) in [4.78, 5) is 23.1. The topological polar surface area (TPSA) is 59.2 Å². The van der Waals surface area contributed by atoms with E-state index in [1.54, 1.807) is 30.7 Å². The van der Waals surface area contributed by atoms with E-state index in [0.29, 0.717) is 29.4 Å².